The van der Waals surface area contributed by atoms with Crippen molar-refractivity contribution >= 4 is 28.2 Å². The van der Waals surface area contributed by atoms with E-state index in [0.29, 0.717) is 38.0 Å². The molecule has 0 saturated heterocycles. The summed E-state index contributed by atoms with van der Waals surface area (Å²) in [6.45, 7) is 3.38. The third-order valence-electron chi connectivity index (χ3n) is 5.59. The summed E-state index contributed by atoms with van der Waals surface area (Å²) in [5, 5.41) is 2.00. The molecule has 0 aliphatic heterocycles. The molecule has 5 nitrogen and oxygen atoms in total. The van der Waals surface area contributed by atoms with Gasteiger partial charge in [0.15, 0.2) is 5.78 Å². The molecule has 3 rings (SSSR count). The summed E-state index contributed by atoms with van der Waals surface area (Å²) in [6.07, 6.45) is 1.30. The number of benzene rings is 3. The van der Waals surface area contributed by atoms with Crippen LogP contribution in [0.25, 0.3) is 10.8 Å². The molecular weight excluding hydrogens is 405 g/mol. The van der Waals surface area contributed by atoms with Gasteiger partial charge >= 0.3 is 0 Å². The second-order valence-electron chi connectivity index (χ2n) is 8.06. The minimum atomic E-state index is -0.270. The second kappa shape index (κ2) is 10.9. The molecular formula is C26H30FN3O2. The third kappa shape index (κ3) is 6.14. The lowest BCUT2D eigenvalue weighted by Gasteiger charge is -2.27. The number of Topliss-reactive ketones (excluding diaryl/α,β-unsaturated/α-hetero) is 1. The van der Waals surface area contributed by atoms with Crippen LogP contribution in [0.2, 0.25) is 0 Å². The van der Waals surface area contributed by atoms with Crippen LogP contribution in [0.3, 0.4) is 0 Å². The zero-order valence-electron chi connectivity index (χ0n) is 18.7. The van der Waals surface area contributed by atoms with Crippen molar-refractivity contribution in [3.63, 3.8) is 0 Å². The van der Waals surface area contributed by atoms with E-state index in [0.717, 1.165) is 22.0 Å². The highest BCUT2D eigenvalue weighted by molar-refractivity contribution is 5.99. The molecule has 0 spiro atoms. The Hall–Kier alpha value is -3.25. The van der Waals surface area contributed by atoms with Gasteiger partial charge in [0, 0.05) is 31.4 Å². The summed E-state index contributed by atoms with van der Waals surface area (Å²) in [6, 6.07) is 18.0. The van der Waals surface area contributed by atoms with Gasteiger partial charge in [-0.3, -0.25) is 9.59 Å². The van der Waals surface area contributed by atoms with Crippen LogP contribution in [0, 0.1) is 5.82 Å². The number of hydrogen-bond acceptors (Lipinski definition) is 4. The largest absolute Gasteiger partial charge is 0.365 e. The van der Waals surface area contributed by atoms with E-state index in [4.69, 9.17) is 5.73 Å². The Morgan fingerprint density at radius 2 is 1.72 bits per heavy atom. The molecule has 0 bridgehead atoms. The van der Waals surface area contributed by atoms with Crippen LogP contribution in [-0.2, 0) is 11.2 Å². The second-order valence-corrected chi connectivity index (χ2v) is 8.06. The minimum absolute atomic E-state index is 0.00405. The quantitative estimate of drug-likeness (QED) is 0.488. The normalized spacial score (nSPS) is 10.9. The Morgan fingerprint density at radius 3 is 2.44 bits per heavy atom. The van der Waals surface area contributed by atoms with Gasteiger partial charge in [0.2, 0.25) is 5.91 Å². The summed E-state index contributed by atoms with van der Waals surface area (Å²) in [7, 11) is 1.89. The first kappa shape index (κ1) is 23.4. The lowest BCUT2D eigenvalue weighted by Crippen LogP contribution is -2.41. The van der Waals surface area contributed by atoms with Gasteiger partial charge in [0.05, 0.1) is 6.54 Å². The van der Waals surface area contributed by atoms with Crippen LogP contribution in [0.4, 0.5) is 10.1 Å². The Bertz CT molecular complexity index is 1100. The van der Waals surface area contributed by atoms with E-state index in [1.165, 1.54) is 12.1 Å². The molecule has 32 heavy (non-hydrogen) atoms. The predicted molar refractivity (Wildman–Crippen MR) is 128 cm³/mol. The van der Waals surface area contributed by atoms with Crippen molar-refractivity contribution in [1.82, 2.24) is 4.90 Å². The molecule has 0 radical (unpaired) electrons. The number of amides is 1. The lowest BCUT2D eigenvalue weighted by molar-refractivity contribution is -0.129. The van der Waals surface area contributed by atoms with Crippen LogP contribution in [0.1, 0.15) is 29.3 Å². The molecule has 1 amide bonds. The number of likely N-dealkylation sites (N-methyl/N-ethyl adjacent to an activating group) is 1. The minimum Gasteiger partial charge on any atom is -0.365 e. The average molecular weight is 436 g/mol. The molecule has 0 fully saturated rings. The first-order chi connectivity index (χ1) is 15.4. The number of hydrogen-bond donors (Lipinski definition) is 1. The molecule has 0 aliphatic carbocycles. The molecule has 0 aromatic heterocycles. The molecule has 3 aromatic carbocycles. The highest BCUT2D eigenvalue weighted by Gasteiger charge is 2.16. The molecule has 0 saturated carbocycles. The topological polar surface area (TPSA) is 66.6 Å². The van der Waals surface area contributed by atoms with Gasteiger partial charge in [-0.05, 0) is 73.0 Å². The Morgan fingerprint density at radius 1 is 0.969 bits per heavy atom. The first-order valence-corrected chi connectivity index (χ1v) is 10.9. The highest BCUT2D eigenvalue weighted by Crippen LogP contribution is 2.23. The van der Waals surface area contributed by atoms with Crippen LogP contribution in [-0.4, -0.2) is 49.8 Å². The first-order valence-electron chi connectivity index (χ1n) is 10.9. The average Bonchev–Trinajstić information content (AvgIpc) is 2.78. The number of anilines is 1. The molecule has 2 N–H and O–H groups in total. The fraction of sp³-hybridized carbons (Fsp3) is 0.308. The molecule has 6 heteroatoms. The standard InChI is InChI=1S/C26H30FN3O2/c1-19(31)21-7-8-23-17-25(10-9-22(23)16-21)29(2)18-26(32)30(13-4-12-28)14-11-20-5-3-6-24(27)15-20/h3,5-10,15-17H,4,11-14,18,28H2,1-2H3. The summed E-state index contributed by atoms with van der Waals surface area (Å²) < 4.78 is 13.5. The van der Waals surface area contributed by atoms with Gasteiger partial charge < -0.3 is 15.5 Å². The number of rotatable bonds is 10. The van der Waals surface area contributed by atoms with Gasteiger partial charge in [-0.2, -0.15) is 0 Å². The van der Waals surface area contributed by atoms with Crippen molar-refractivity contribution < 1.29 is 14.0 Å². The van der Waals surface area contributed by atoms with Crippen LogP contribution in [0.15, 0.2) is 60.7 Å². The van der Waals surface area contributed by atoms with Gasteiger partial charge in [-0.15, -0.1) is 0 Å². The lowest BCUT2D eigenvalue weighted by atomic mass is 10.0. The highest BCUT2D eigenvalue weighted by atomic mass is 19.1. The fourth-order valence-corrected chi connectivity index (χ4v) is 3.68. The summed E-state index contributed by atoms with van der Waals surface area (Å²) in [5.41, 5.74) is 8.13. The van der Waals surface area contributed by atoms with E-state index in [2.05, 4.69) is 0 Å². The van der Waals surface area contributed by atoms with E-state index in [9.17, 15) is 14.0 Å². The van der Waals surface area contributed by atoms with Gasteiger partial charge in [-0.1, -0.05) is 30.3 Å². The zero-order chi connectivity index (χ0) is 23.1. The molecule has 0 aliphatic rings. The number of nitrogens with two attached hydrogens (primary N) is 1. The molecule has 0 atom stereocenters. The smallest absolute Gasteiger partial charge is 0.242 e. The molecule has 0 unspecified atom stereocenters. The van der Waals surface area contributed by atoms with Crippen LogP contribution >= 0.6 is 0 Å². The molecule has 168 valence electrons. The number of halogens is 1. The number of nitrogens with zero attached hydrogens (tertiary/aromatic N) is 2. The number of fused-ring (bicyclic) bond motifs is 1. The maximum Gasteiger partial charge on any atom is 0.242 e. The van der Waals surface area contributed by atoms with E-state index in [1.807, 2.05) is 54.4 Å². The van der Waals surface area contributed by atoms with E-state index >= 15 is 0 Å². The summed E-state index contributed by atoms with van der Waals surface area (Å²) in [4.78, 5) is 28.4. The van der Waals surface area contributed by atoms with E-state index in [-0.39, 0.29) is 24.1 Å². The Balaban J connectivity index is 1.68. The summed E-state index contributed by atoms with van der Waals surface area (Å²) in [5.74, 6) is -0.229. The number of ketones is 1. The fourth-order valence-electron chi connectivity index (χ4n) is 3.68. The van der Waals surface area contributed by atoms with Crippen molar-refractivity contribution in [1.29, 1.82) is 0 Å². The molecule has 3 aromatic rings. The summed E-state index contributed by atoms with van der Waals surface area (Å²) >= 11 is 0. The van der Waals surface area contributed by atoms with Gasteiger partial charge in [0.1, 0.15) is 5.82 Å². The monoisotopic (exact) mass is 435 g/mol. The Labute approximate surface area is 188 Å². The maximum absolute atomic E-state index is 13.5. The Kier molecular flexibility index (Phi) is 7.95. The predicted octanol–water partition coefficient (Wildman–Crippen LogP) is 4.04. The SMILES string of the molecule is CC(=O)c1ccc2cc(N(C)CC(=O)N(CCCN)CCc3cccc(F)c3)ccc2c1. The third-order valence-corrected chi connectivity index (χ3v) is 5.59. The van der Waals surface area contributed by atoms with Crippen LogP contribution < -0.4 is 10.6 Å². The van der Waals surface area contributed by atoms with Crippen molar-refractivity contribution in [2.24, 2.45) is 5.73 Å². The van der Waals surface area contributed by atoms with E-state index < -0.39 is 0 Å². The van der Waals surface area contributed by atoms with Crippen LogP contribution in [0.5, 0.6) is 0 Å². The van der Waals surface area contributed by atoms with Gasteiger partial charge in [0.25, 0.3) is 0 Å². The van der Waals surface area contributed by atoms with Gasteiger partial charge in [-0.25, -0.2) is 4.39 Å². The van der Waals surface area contributed by atoms with E-state index in [1.54, 1.807) is 17.9 Å². The van der Waals surface area contributed by atoms with Crippen molar-refractivity contribution in [3.8, 4) is 0 Å². The zero-order valence-corrected chi connectivity index (χ0v) is 18.7. The number of carbonyl (C=O) groups excluding carboxylic acids is 2. The molecule has 0 heterocycles. The van der Waals surface area contributed by atoms with Crippen molar-refractivity contribution in [2.45, 2.75) is 19.8 Å². The van der Waals surface area contributed by atoms with Crippen molar-refractivity contribution in [3.05, 3.63) is 77.6 Å². The number of carbonyl (C=O) groups is 2. The van der Waals surface area contributed by atoms with Crippen molar-refractivity contribution in [2.75, 3.05) is 38.1 Å². The maximum atomic E-state index is 13.5.